The van der Waals surface area contributed by atoms with E-state index in [4.69, 9.17) is 4.74 Å². The molecule has 1 fully saturated rings. The van der Waals surface area contributed by atoms with E-state index in [0.717, 1.165) is 36.4 Å². The van der Waals surface area contributed by atoms with Gasteiger partial charge in [-0.15, -0.1) is 11.3 Å². The Hall–Kier alpha value is -2.61. The lowest BCUT2D eigenvalue weighted by atomic mass is 9.90. The summed E-state index contributed by atoms with van der Waals surface area (Å²) in [4.78, 5) is 28.9. The molecule has 1 saturated carbocycles. The topological polar surface area (TPSA) is 92.4 Å². The molecule has 1 aliphatic rings. The van der Waals surface area contributed by atoms with Crippen LogP contribution in [0.2, 0.25) is 0 Å². The summed E-state index contributed by atoms with van der Waals surface area (Å²) in [5.74, 6) is 0.557. The Morgan fingerprint density at radius 2 is 1.86 bits per heavy atom. The zero-order chi connectivity index (χ0) is 19.8. The lowest BCUT2D eigenvalue weighted by Gasteiger charge is -2.32. The third-order valence-electron chi connectivity index (χ3n) is 4.63. The summed E-state index contributed by atoms with van der Waals surface area (Å²) >= 11 is 1.40. The Kier molecular flexibility index (Phi) is 7.25. The van der Waals surface area contributed by atoms with E-state index in [1.54, 1.807) is 5.38 Å². The van der Waals surface area contributed by atoms with Crippen LogP contribution < -0.4 is 20.7 Å². The number of carbonyl (C=O) groups excluding carboxylic acids is 2. The second kappa shape index (κ2) is 10.1. The Balaban J connectivity index is 1.54. The molecule has 3 N–H and O–H groups in total. The number of para-hydroxylation sites is 1. The summed E-state index contributed by atoms with van der Waals surface area (Å²) in [6.07, 6.45) is 3.78. The summed E-state index contributed by atoms with van der Waals surface area (Å²) in [6.45, 7) is 2.77. The number of ether oxygens (including phenoxy) is 1. The molecule has 3 rings (SSSR count). The predicted octanol–water partition coefficient (Wildman–Crippen LogP) is 3.08. The lowest BCUT2D eigenvalue weighted by Crippen LogP contribution is -2.55. The first-order chi connectivity index (χ1) is 13.7. The van der Waals surface area contributed by atoms with E-state index in [1.807, 2.05) is 37.3 Å². The molecule has 1 heterocycles. The van der Waals surface area contributed by atoms with Crippen molar-refractivity contribution >= 4 is 23.3 Å². The fourth-order valence-electron chi connectivity index (χ4n) is 3.24. The summed E-state index contributed by atoms with van der Waals surface area (Å²) in [7, 11) is 0. The van der Waals surface area contributed by atoms with Gasteiger partial charge < -0.3 is 20.7 Å². The summed E-state index contributed by atoms with van der Waals surface area (Å²) < 4.78 is 5.68. The van der Waals surface area contributed by atoms with Crippen LogP contribution in [0.25, 0.3) is 0 Å². The predicted molar refractivity (Wildman–Crippen MR) is 109 cm³/mol. The molecule has 3 amide bonds. The van der Waals surface area contributed by atoms with Crippen LogP contribution in [0, 0.1) is 0 Å². The molecule has 0 radical (unpaired) electrons. The van der Waals surface area contributed by atoms with Gasteiger partial charge in [0.2, 0.25) is 0 Å². The number of rotatable bonds is 7. The number of hydrogen-bond donors (Lipinski definition) is 3. The fourth-order valence-corrected chi connectivity index (χ4v) is 3.93. The summed E-state index contributed by atoms with van der Waals surface area (Å²) in [5.41, 5.74) is 0.388. The van der Waals surface area contributed by atoms with Gasteiger partial charge in [-0.05, 0) is 31.9 Å². The minimum Gasteiger partial charge on any atom is -0.486 e. The molecule has 2 aromatic rings. The van der Waals surface area contributed by atoms with Crippen LogP contribution in [0.1, 0.15) is 48.1 Å². The monoisotopic (exact) mass is 402 g/mol. The van der Waals surface area contributed by atoms with Gasteiger partial charge in [0.1, 0.15) is 23.1 Å². The van der Waals surface area contributed by atoms with Crippen molar-refractivity contribution < 1.29 is 14.3 Å². The number of nitrogens with one attached hydrogen (secondary N) is 3. The highest BCUT2D eigenvalue weighted by molar-refractivity contribution is 7.09. The Labute approximate surface area is 168 Å². The molecule has 28 heavy (non-hydrogen) atoms. The van der Waals surface area contributed by atoms with Crippen molar-refractivity contribution in [2.75, 3.05) is 6.54 Å². The van der Waals surface area contributed by atoms with Gasteiger partial charge in [-0.25, -0.2) is 9.78 Å². The number of carbonyl (C=O) groups is 2. The number of amides is 3. The molecule has 1 aromatic heterocycles. The zero-order valence-electron chi connectivity index (χ0n) is 15.9. The molecular weight excluding hydrogens is 376 g/mol. The van der Waals surface area contributed by atoms with Crippen LogP contribution in [-0.4, -0.2) is 35.6 Å². The molecule has 8 heteroatoms. The summed E-state index contributed by atoms with van der Waals surface area (Å²) in [6, 6.07) is 9.16. The number of urea groups is 1. The third kappa shape index (κ3) is 5.69. The van der Waals surface area contributed by atoms with E-state index < -0.39 is 0 Å². The Morgan fingerprint density at radius 3 is 2.57 bits per heavy atom. The Morgan fingerprint density at radius 1 is 1.14 bits per heavy atom. The molecule has 7 nitrogen and oxygen atoms in total. The fraction of sp³-hybridized carbons (Fsp3) is 0.450. The van der Waals surface area contributed by atoms with E-state index in [1.165, 1.54) is 11.3 Å². The first kappa shape index (κ1) is 20.1. The highest BCUT2D eigenvalue weighted by Gasteiger charge is 2.28. The van der Waals surface area contributed by atoms with Crippen LogP contribution in [0.4, 0.5) is 4.79 Å². The van der Waals surface area contributed by atoms with Crippen molar-refractivity contribution in [3.8, 4) is 5.75 Å². The van der Waals surface area contributed by atoms with Crippen molar-refractivity contribution in [3.63, 3.8) is 0 Å². The van der Waals surface area contributed by atoms with Crippen molar-refractivity contribution in [2.45, 2.75) is 51.3 Å². The van der Waals surface area contributed by atoms with Crippen molar-refractivity contribution in [1.82, 2.24) is 20.9 Å². The van der Waals surface area contributed by atoms with Crippen LogP contribution in [0.5, 0.6) is 5.75 Å². The number of thiazole rings is 1. The van der Waals surface area contributed by atoms with E-state index >= 15 is 0 Å². The van der Waals surface area contributed by atoms with Crippen LogP contribution in [0.3, 0.4) is 0 Å². The smallest absolute Gasteiger partial charge is 0.315 e. The van der Waals surface area contributed by atoms with E-state index in [9.17, 15) is 9.59 Å². The maximum atomic E-state index is 12.6. The average Bonchev–Trinajstić information content (AvgIpc) is 3.18. The average molecular weight is 403 g/mol. The molecule has 2 atom stereocenters. The number of benzene rings is 1. The molecule has 0 spiro atoms. The molecule has 1 aliphatic carbocycles. The van der Waals surface area contributed by atoms with Gasteiger partial charge in [0, 0.05) is 18.0 Å². The van der Waals surface area contributed by atoms with Crippen LogP contribution >= 0.6 is 11.3 Å². The van der Waals surface area contributed by atoms with Gasteiger partial charge in [-0.1, -0.05) is 31.0 Å². The molecule has 0 aliphatic heterocycles. The first-order valence-electron chi connectivity index (χ1n) is 9.63. The highest BCUT2D eigenvalue weighted by atomic mass is 32.1. The molecule has 2 unspecified atom stereocenters. The van der Waals surface area contributed by atoms with Crippen molar-refractivity contribution in [2.24, 2.45) is 0 Å². The Bertz CT molecular complexity index is 781. The van der Waals surface area contributed by atoms with Gasteiger partial charge in [0.15, 0.2) is 0 Å². The van der Waals surface area contributed by atoms with Gasteiger partial charge >= 0.3 is 6.03 Å². The van der Waals surface area contributed by atoms with Gasteiger partial charge in [0.25, 0.3) is 5.91 Å². The second-order valence-electron chi connectivity index (χ2n) is 6.70. The van der Waals surface area contributed by atoms with Crippen molar-refractivity contribution in [1.29, 1.82) is 0 Å². The van der Waals surface area contributed by atoms with Gasteiger partial charge in [0.05, 0.1) is 6.04 Å². The standard InChI is InChI=1S/C20H26N4O3S/c1-2-21-20(26)24-16-11-7-6-10-15(16)23-19(25)17-13-28-18(22-17)12-27-14-8-4-3-5-9-14/h3-5,8-9,13,15-16H,2,6-7,10-12H2,1H3,(H,23,25)(H2,21,24,26). The number of nitrogens with zero attached hydrogens (tertiary/aromatic N) is 1. The quantitative estimate of drug-likeness (QED) is 0.664. The normalized spacial score (nSPS) is 18.9. The highest BCUT2D eigenvalue weighted by Crippen LogP contribution is 2.20. The minimum atomic E-state index is -0.211. The minimum absolute atomic E-state index is 0.0660. The van der Waals surface area contributed by atoms with Gasteiger partial charge in [-0.3, -0.25) is 4.79 Å². The SMILES string of the molecule is CCNC(=O)NC1CCCCC1NC(=O)c1csc(COc2ccccc2)n1. The van der Waals surface area contributed by atoms with E-state index in [2.05, 4.69) is 20.9 Å². The first-order valence-corrected chi connectivity index (χ1v) is 10.5. The van der Waals surface area contributed by atoms with Crippen LogP contribution in [-0.2, 0) is 6.61 Å². The molecule has 0 bridgehead atoms. The van der Waals surface area contributed by atoms with Crippen LogP contribution in [0.15, 0.2) is 35.7 Å². The number of aromatic nitrogens is 1. The lowest BCUT2D eigenvalue weighted by molar-refractivity contribution is 0.0911. The molecule has 1 aromatic carbocycles. The largest absolute Gasteiger partial charge is 0.486 e. The molecule has 0 saturated heterocycles. The second-order valence-corrected chi connectivity index (χ2v) is 7.65. The van der Waals surface area contributed by atoms with E-state index in [-0.39, 0.29) is 24.0 Å². The maximum absolute atomic E-state index is 12.6. The van der Waals surface area contributed by atoms with E-state index in [0.29, 0.717) is 18.8 Å². The molecule has 150 valence electrons. The molecular formula is C20H26N4O3S. The maximum Gasteiger partial charge on any atom is 0.315 e. The van der Waals surface area contributed by atoms with Crippen molar-refractivity contribution in [3.05, 3.63) is 46.4 Å². The van der Waals surface area contributed by atoms with Gasteiger partial charge in [-0.2, -0.15) is 0 Å². The number of hydrogen-bond acceptors (Lipinski definition) is 5. The summed E-state index contributed by atoms with van der Waals surface area (Å²) in [5, 5.41) is 11.2. The zero-order valence-corrected chi connectivity index (χ0v) is 16.8. The third-order valence-corrected chi connectivity index (χ3v) is 5.45.